The van der Waals surface area contributed by atoms with Crippen LogP contribution in [0.3, 0.4) is 0 Å². The molecule has 1 aromatic carbocycles. The van der Waals surface area contributed by atoms with Gasteiger partial charge in [-0.1, -0.05) is 12.1 Å². The molecule has 5 nitrogen and oxygen atoms in total. The van der Waals surface area contributed by atoms with Crippen molar-refractivity contribution in [2.24, 2.45) is 17.8 Å². The van der Waals surface area contributed by atoms with E-state index < -0.39 is 0 Å². The molecule has 5 rings (SSSR count). The first-order valence-electron chi connectivity index (χ1n) is 9.06. The number of aromatic nitrogens is 3. The summed E-state index contributed by atoms with van der Waals surface area (Å²) in [4.78, 5) is 19.4. The van der Waals surface area contributed by atoms with E-state index in [9.17, 15) is 4.79 Å². The topological polar surface area (TPSA) is 61.9 Å². The summed E-state index contributed by atoms with van der Waals surface area (Å²) in [6.07, 6.45) is 8.08. The van der Waals surface area contributed by atoms with Crippen LogP contribution >= 0.6 is 0 Å². The molecule has 1 amide bonds. The second-order valence-electron chi connectivity index (χ2n) is 7.61. The third-order valence-corrected chi connectivity index (χ3v) is 5.91. The highest BCUT2D eigenvalue weighted by molar-refractivity contribution is 5.95. The van der Waals surface area contributed by atoms with Crippen molar-refractivity contribution in [3.05, 3.63) is 36.2 Å². The van der Waals surface area contributed by atoms with E-state index in [0.717, 1.165) is 41.2 Å². The molecular formula is C19H22N4O. The average Bonchev–Trinajstić information content (AvgIpc) is 3.55. The Morgan fingerprint density at radius 3 is 2.42 bits per heavy atom. The van der Waals surface area contributed by atoms with Crippen LogP contribution in [0.5, 0.6) is 0 Å². The fraction of sp³-hybridized carbons (Fsp3) is 0.526. The van der Waals surface area contributed by atoms with E-state index in [4.69, 9.17) is 0 Å². The minimum atomic E-state index is 0.208. The van der Waals surface area contributed by atoms with Crippen LogP contribution in [-0.2, 0) is 0 Å². The minimum Gasteiger partial charge on any atom is -0.335 e. The maximum atomic E-state index is 13.1. The van der Waals surface area contributed by atoms with Gasteiger partial charge in [-0.2, -0.15) is 5.10 Å². The molecule has 0 unspecified atom stereocenters. The lowest BCUT2D eigenvalue weighted by atomic mass is 9.98. The Morgan fingerprint density at radius 2 is 1.79 bits per heavy atom. The van der Waals surface area contributed by atoms with Crippen LogP contribution in [0.4, 0.5) is 0 Å². The Morgan fingerprint density at radius 1 is 1.04 bits per heavy atom. The fourth-order valence-electron chi connectivity index (χ4n) is 4.25. The van der Waals surface area contributed by atoms with Crippen molar-refractivity contribution >= 4 is 5.91 Å². The van der Waals surface area contributed by atoms with E-state index in [2.05, 4.69) is 20.1 Å². The number of nitrogens with one attached hydrogen (secondary N) is 1. The van der Waals surface area contributed by atoms with Crippen molar-refractivity contribution < 1.29 is 4.79 Å². The van der Waals surface area contributed by atoms with Crippen molar-refractivity contribution in [2.45, 2.75) is 38.1 Å². The van der Waals surface area contributed by atoms with Gasteiger partial charge < -0.3 is 4.90 Å². The lowest BCUT2D eigenvalue weighted by Crippen LogP contribution is -2.37. The summed E-state index contributed by atoms with van der Waals surface area (Å²) in [5, 5.41) is 6.73. The van der Waals surface area contributed by atoms with Crippen LogP contribution < -0.4 is 0 Å². The zero-order valence-electron chi connectivity index (χ0n) is 13.7. The molecule has 3 fully saturated rings. The molecule has 2 saturated carbocycles. The normalized spacial score (nSPS) is 26.8. The van der Waals surface area contributed by atoms with Crippen LogP contribution in [0, 0.1) is 17.8 Å². The lowest BCUT2D eigenvalue weighted by Gasteiger charge is -2.24. The number of amides is 1. The van der Waals surface area contributed by atoms with Crippen LogP contribution in [0.2, 0.25) is 0 Å². The van der Waals surface area contributed by atoms with Crippen molar-refractivity contribution in [3.63, 3.8) is 0 Å². The number of rotatable bonds is 4. The fourth-order valence-corrected chi connectivity index (χ4v) is 4.25. The molecule has 2 aromatic rings. The number of likely N-dealkylation sites (tertiary alicyclic amines) is 1. The molecule has 24 heavy (non-hydrogen) atoms. The standard InChI is InChI=1S/C19H22N4O/c24-19(15-7-5-14(6-8-15)18-20-11-21-22-18)23-10-16(12-1-2-12)9-17(23)13-3-4-13/h5-8,11-13,16-17H,1-4,9-10H2,(H,20,21,22)/t16-,17-/m1/s1. The van der Waals surface area contributed by atoms with Crippen LogP contribution in [0.15, 0.2) is 30.6 Å². The third-order valence-electron chi connectivity index (χ3n) is 5.91. The van der Waals surface area contributed by atoms with E-state index in [-0.39, 0.29) is 5.91 Å². The zero-order chi connectivity index (χ0) is 16.1. The van der Waals surface area contributed by atoms with Gasteiger partial charge in [-0.3, -0.25) is 9.89 Å². The average molecular weight is 322 g/mol. The highest BCUT2D eigenvalue weighted by Gasteiger charge is 2.47. The smallest absolute Gasteiger partial charge is 0.254 e. The molecule has 0 spiro atoms. The number of carbonyl (C=O) groups is 1. The summed E-state index contributed by atoms with van der Waals surface area (Å²) in [7, 11) is 0. The number of aromatic amines is 1. The third kappa shape index (κ3) is 2.52. The maximum Gasteiger partial charge on any atom is 0.254 e. The lowest BCUT2D eigenvalue weighted by molar-refractivity contribution is 0.0716. The van der Waals surface area contributed by atoms with Crippen molar-refractivity contribution in [2.75, 3.05) is 6.54 Å². The monoisotopic (exact) mass is 322 g/mol. The van der Waals surface area contributed by atoms with Gasteiger partial charge in [-0.25, -0.2) is 4.98 Å². The SMILES string of the molecule is O=C(c1ccc(-c2ncn[nH]2)cc1)N1C[C@H](C2CC2)C[C@@H]1C1CC1. The van der Waals surface area contributed by atoms with Gasteiger partial charge in [0.15, 0.2) is 5.82 Å². The van der Waals surface area contributed by atoms with Gasteiger partial charge in [0.1, 0.15) is 6.33 Å². The summed E-state index contributed by atoms with van der Waals surface area (Å²) in [5.74, 6) is 3.33. The van der Waals surface area contributed by atoms with Crippen LogP contribution in [0.25, 0.3) is 11.4 Å². The van der Waals surface area contributed by atoms with Crippen molar-refractivity contribution in [1.29, 1.82) is 0 Å². The summed E-state index contributed by atoms with van der Waals surface area (Å²) >= 11 is 0. The quantitative estimate of drug-likeness (QED) is 0.941. The van der Waals surface area contributed by atoms with E-state index in [1.807, 2.05) is 24.3 Å². The number of H-pyrrole nitrogens is 1. The summed E-state index contributed by atoms with van der Waals surface area (Å²) in [6.45, 7) is 0.967. The largest absolute Gasteiger partial charge is 0.335 e. The van der Waals surface area contributed by atoms with Gasteiger partial charge in [0.25, 0.3) is 5.91 Å². The predicted octanol–water partition coefficient (Wildman–Crippen LogP) is 3.12. The van der Waals surface area contributed by atoms with Crippen LogP contribution in [-0.4, -0.2) is 38.6 Å². The maximum absolute atomic E-state index is 13.1. The molecule has 2 aliphatic carbocycles. The summed E-state index contributed by atoms with van der Waals surface area (Å²) < 4.78 is 0. The first-order valence-corrected chi connectivity index (χ1v) is 9.06. The molecule has 3 aliphatic rings. The highest BCUT2D eigenvalue weighted by atomic mass is 16.2. The molecule has 2 atom stereocenters. The van der Waals surface area contributed by atoms with Gasteiger partial charge in [0.2, 0.25) is 0 Å². The first-order chi connectivity index (χ1) is 11.8. The molecule has 0 radical (unpaired) electrons. The summed E-state index contributed by atoms with van der Waals surface area (Å²) in [6, 6.07) is 8.24. The first kappa shape index (κ1) is 14.2. The Labute approximate surface area is 141 Å². The van der Waals surface area contributed by atoms with Gasteiger partial charge in [0, 0.05) is 23.7 Å². The van der Waals surface area contributed by atoms with E-state index in [1.54, 1.807) is 0 Å². The van der Waals surface area contributed by atoms with Gasteiger partial charge in [0.05, 0.1) is 0 Å². The number of hydrogen-bond donors (Lipinski definition) is 1. The van der Waals surface area contributed by atoms with Gasteiger partial charge >= 0.3 is 0 Å². The molecule has 1 saturated heterocycles. The zero-order valence-corrected chi connectivity index (χ0v) is 13.7. The Kier molecular flexibility index (Phi) is 3.21. The highest BCUT2D eigenvalue weighted by Crippen LogP contribution is 2.48. The van der Waals surface area contributed by atoms with E-state index in [1.165, 1.54) is 38.4 Å². The Balaban J connectivity index is 1.36. The van der Waals surface area contributed by atoms with E-state index >= 15 is 0 Å². The molecule has 124 valence electrons. The van der Waals surface area contributed by atoms with Crippen molar-refractivity contribution in [1.82, 2.24) is 20.1 Å². The molecule has 1 aliphatic heterocycles. The van der Waals surface area contributed by atoms with E-state index in [0.29, 0.717) is 6.04 Å². The molecule has 0 bridgehead atoms. The number of benzene rings is 1. The molecular weight excluding hydrogens is 300 g/mol. The van der Waals surface area contributed by atoms with Crippen LogP contribution in [0.1, 0.15) is 42.5 Å². The number of hydrogen-bond acceptors (Lipinski definition) is 3. The molecule has 1 N–H and O–H groups in total. The van der Waals surface area contributed by atoms with Crippen molar-refractivity contribution in [3.8, 4) is 11.4 Å². The second kappa shape index (κ2) is 5.43. The Bertz CT molecular complexity index is 731. The molecule has 5 heteroatoms. The molecule has 1 aromatic heterocycles. The van der Waals surface area contributed by atoms with Gasteiger partial charge in [-0.05, 0) is 62.0 Å². The minimum absolute atomic E-state index is 0.208. The van der Waals surface area contributed by atoms with Gasteiger partial charge in [-0.15, -0.1) is 0 Å². The number of nitrogens with zero attached hydrogens (tertiary/aromatic N) is 3. The molecule has 2 heterocycles. The predicted molar refractivity (Wildman–Crippen MR) is 90.2 cm³/mol. The number of carbonyl (C=O) groups excluding carboxylic acids is 1. The Hall–Kier alpha value is -2.17. The summed E-state index contributed by atoms with van der Waals surface area (Å²) in [5.41, 5.74) is 1.75. The second-order valence-corrected chi connectivity index (χ2v) is 7.61.